The molecule has 72 valence electrons. The zero-order valence-corrected chi connectivity index (χ0v) is 8.94. The Kier molecular flexibility index (Phi) is 5.52. The molecule has 1 N–H and O–H groups in total. The quantitative estimate of drug-likeness (QED) is 0.706. The summed E-state index contributed by atoms with van der Waals surface area (Å²) in [6.07, 6.45) is 2.62. The summed E-state index contributed by atoms with van der Waals surface area (Å²) in [5, 5.41) is 0. The van der Waals surface area contributed by atoms with Gasteiger partial charge in [0.15, 0.2) is 0 Å². The molecule has 1 saturated heterocycles. The van der Waals surface area contributed by atoms with Gasteiger partial charge in [0.05, 0.1) is 12.7 Å². The molecule has 0 spiro atoms. The Morgan fingerprint density at radius 2 is 2.58 bits per heavy atom. The lowest BCUT2D eigenvalue weighted by molar-refractivity contribution is 0.129. The van der Waals surface area contributed by atoms with Gasteiger partial charge in [-0.3, -0.25) is 0 Å². The van der Waals surface area contributed by atoms with E-state index in [4.69, 9.17) is 9.26 Å². The van der Waals surface area contributed by atoms with Crippen LogP contribution in [0.15, 0.2) is 0 Å². The largest absolute Gasteiger partial charge is 0.377 e. The second-order valence-electron chi connectivity index (χ2n) is 2.59. The molecule has 0 bridgehead atoms. The van der Waals surface area contributed by atoms with Gasteiger partial charge in [0, 0.05) is 12.4 Å². The molecule has 3 nitrogen and oxygen atoms in total. The molecule has 2 unspecified atom stereocenters. The Labute approximate surface area is 78.5 Å². The molecule has 2 atom stereocenters. The van der Waals surface area contributed by atoms with Gasteiger partial charge in [0.1, 0.15) is 0 Å². The number of hydrogen-bond acceptors (Lipinski definition) is 4. The van der Waals surface area contributed by atoms with Crippen LogP contribution in [0.2, 0.25) is 0 Å². The predicted octanol–water partition coefficient (Wildman–Crippen LogP) is 2.15. The van der Waals surface area contributed by atoms with E-state index >= 15 is 0 Å². The standard InChI is InChI=1S/C7H15O3PS/c1-2-10-11(8)12-6-7-4-3-5-9-7/h7-8H,2-6H2,1H3. The van der Waals surface area contributed by atoms with Crippen LogP contribution in [0.25, 0.3) is 0 Å². The lowest BCUT2D eigenvalue weighted by atomic mass is 10.3. The second kappa shape index (κ2) is 6.17. The van der Waals surface area contributed by atoms with Crippen molar-refractivity contribution >= 4 is 19.0 Å². The van der Waals surface area contributed by atoms with E-state index in [1.165, 1.54) is 11.4 Å². The number of hydrogen-bond donors (Lipinski definition) is 1. The van der Waals surface area contributed by atoms with Crippen LogP contribution in [-0.2, 0) is 9.26 Å². The third-order valence-electron chi connectivity index (χ3n) is 1.63. The lowest BCUT2D eigenvalue weighted by Crippen LogP contribution is -2.07. The third-order valence-corrected chi connectivity index (χ3v) is 4.28. The summed E-state index contributed by atoms with van der Waals surface area (Å²) in [4.78, 5) is 9.26. The minimum atomic E-state index is -1.26. The molecular formula is C7H15O3PS. The first-order valence-electron chi connectivity index (χ1n) is 4.19. The molecule has 5 heteroatoms. The topological polar surface area (TPSA) is 38.7 Å². The zero-order chi connectivity index (χ0) is 8.81. The first-order chi connectivity index (χ1) is 5.83. The molecule has 12 heavy (non-hydrogen) atoms. The van der Waals surface area contributed by atoms with E-state index in [0.29, 0.717) is 12.7 Å². The SMILES string of the molecule is CCOP(O)SCC1CCCO1. The Bertz CT molecular complexity index is 119. The monoisotopic (exact) mass is 210 g/mol. The Morgan fingerprint density at radius 3 is 3.17 bits per heavy atom. The molecule has 0 saturated carbocycles. The average molecular weight is 210 g/mol. The second-order valence-corrected chi connectivity index (χ2v) is 5.62. The van der Waals surface area contributed by atoms with Crippen molar-refractivity contribution in [2.75, 3.05) is 19.0 Å². The van der Waals surface area contributed by atoms with Crippen LogP contribution in [0.3, 0.4) is 0 Å². The summed E-state index contributed by atoms with van der Waals surface area (Å²) in [5.41, 5.74) is 0. The van der Waals surface area contributed by atoms with E-state index < -0.39 is 7.58 Å². The van der Waals surface area contributed by atoms with Crippen LogP contribution < -0.4 is 0 Å². The molecule has 1 aliphatic heterocycles. The van der Waals surface area contributed by atoms with E-state index in [2.05, 4.69) is 0 Å². The number of rotatable bonds is 5. The van der Waals surface area contributed by atoms with E-state index in [1.54, 1.807) is 0 Å². The van der Waals surface area contributed by atoms with Crippen molar-refractivity contribution in [3.8, 4) is 0 Å². The average Bonchev–Trinajstić information content (AvgIpc) is 2.53. The fourth-order valence-electron chi connectivity index (χ4n) is 1.07. The fourth-order valence-corrected chi connectivity index (χ4v) is 3.34. The predicted molar refractivity (Wildman–Crippen MR) is 52.2 cm³/mol. The molecule has 0 amide bonds. The van der Waals surface area contributed by atoms with Crippen molar-refractivity contribution in [2.24, 2.45) is 0 Å². The van der Waals surface area contributed by atoms with Gasteiger partial charge in [0.25, 0.3) is 0 Å². The molecule has 0 aliphatic carbocycles. The fraction of sp³-hybridized carbons (Fsp3) is 1.00. The van der Waals surface area contributed by atoms with Crippen LogP contribution in [-0.4, -0.2) is 30.0 Å². The highest BCUT2D eigenvalue weighted by atomic mass is 32.7. The van der Waals surface area contributed by atoms with E-state index in [9.17, 15) is 4.89 Å². The van der Waals surface area contributed by atoms with E-state index in [0.717, 1.165) is 25.2 Å². The first-order valence-corrected chi connectivity index (χ1v) is 6.99. The van der Waals surface area contributed by atoms with Crippen LogP contribution in [0.1, 0.15) is 19.8 Å². The van der Waals surface area contributed by atoms with Crippen LogP contribution in [0.5, 0.6) is 0 Å². The highest BCUT2D eigenvalue weighted by molar-refractivity contribution is 8.52. The summed E-state index contributed by atoms with van der Waals surface area (Å²) in [7, 11) is -1.26. The van der Waals surface area contributed by atoms with Crippen molar-refractivity contribution in [2.45, 2.75) is 25.9 Å². The molecule has 0 aromatic rings. The third kappa shape index (κ3) is 4.06. The van der Waals surface area contributed by atoms with Gasteiger partial charge in [-0.05, 0) is 19.8 Å². The van der Waals surface area contributed by atoms with Gasteiger partial charge in [-0.25, -0.2) is 0 Å². The van der Waals surface area contributed by atoms with Gasteiger partial charge in [0.2, 0.25) is 7.58 Å². The van der Waals surface area contributed by atoms with Gasteiger partial charge in [-0.15, -0.1) is 0 Å². The molecule has 0 radical (unpaired) electrons. The molecule has 1 aliphatic rings. The maximum Gasteiger partial charge on any atom is 0.235 e. The highest BCUT2D eigenvalue weighted by Crippen LogP contribution is 2.47. The van der Waals surface area contributed by atoms with Crippen molar-refractivity contribution in [1.29, 1.82) is 0 Å². The van der Waals surface area contributed by atoms with E-state index in [-0.39, 0.29) is 0 Å². The van der Waals surface area contributed by atoms with Crippen LogP contribution >= 0.6 is 19.0 Å². The van der Waals surface area contributed by atoms with Gasteiger partial charge in [-0.2, -0.15) is 0 Å². The summed E-state index contributed by atoms with van der Waals surface area (Å²) < 4.78 is 10.4. The Balaban J connectivity index is 1.99. The summed E-state index contributed by atoms with van der Waals surface area (Å²) in [6, 6.07) is 0. The maximum absolute atomic E-state index is 9.26. The minimum Gasteiger partial charge on any atom is -0.377 e. The smallest absolute Gasteiger partial charge is 0.235 e. The van der Waals surface area contributed by atoms with Crippen molar-refractivity contribution in [1.82, 2.24) is 0 Å². The molecular weight excluding hydrogens is 195 g/mol. The Morgan fingerprint density at radius 1 is 1.75 bits per heavy atom. The molecule has 1 heterocycles. The molecule has 1 rings (SSSR count). The molecule has 1 fully saturated rings. The summed E-state index contributed by atoms with van der Waals surface area (Å²) in [5.74, 6) is 0.863. The normalized spacial score (nSPS) is 26.0. The summed E-state index contributed by atoms with van der Waals surface area (Å²) in [6.45, 7) is 3.35. The van der Waals surface area contributed by atoms with Gasteiger partial charge in [-0.1, -0.05) is 11.4 Å². The zero-order valence-electron chi connectivity index (χ0n) is 7.23. The molecule has 0 aromatic carbocycles. The lowest BCUT2D eigenvalue weighted by Gasteiger charge is -2.11. The van der Waals surface area contributed by atoms with Gasteiger partial charge < -0.3 is 14.2 Å². The van der Waals surface area contributed by atoms with Crippen molar-refractivity contribution < 1.29 is 14.2 Å². The first kappa shape index (κ1) is 10.7. The van der Waals surface area contributed by atoms with Crippen LogP contribution in [0, 0.1) is 0 Å². The van der Waals surface area contributed by atoms with Crippen molar-refractivity contribution in [3.05, 3.63) is 0 Å². The highest BCUT2D eigenvalue weighted by Gasteiger charge is 2.17. The molecule has 0 aromatic heterocycles. The minimum absolute atomic E-state index is 0.340. The Hall–Kier alpha value is 0.660. The van der Waals surface area contributed by atoms with Crippen LogP contribution in [0.4, 0.5) is 0 Å². The summed E-state index contributed by atoms with van der Waals surface area (Å²) >= 11 is 1.47. The van der Waals surface area contributed by atoms with Gasteiger partial charge >= 0.3 is 0 Å². The van der Waals surface area contributed by atoms with E-state index in [1.807, 2.05) is 6.92 Å². The maximum atomic E-state index is 9.26. The number of ether oxygens (including phenoxy) is 1. The van der Waals surface area contributed by atoms with Crippen molar-refractivity contribution in [3.63, 3.8) is 0 Å².